The summed E-state index contributed by atoms with van der Waals surface area (Å²) in [6.07, 6.45) is 2.03. The Hall–Kier alpha value is -4.97. The average Bonchev–Trinajstić information content (AvgIpc) is 3.04. The summed E-state index contributed by atoms with van der Waals surface area (Å²) in [7, 11) is 0. The first-order chi connectivity index (χ1) is 21.3. The van der Waals surface area contributed by atoms with Gasteiger partial charge in [0.05, 0.1) is 5.92 Å². The molecule has 0 aliphatic rings. The Morgan fingerprint density at radius 3 is 1.64 bits per heavy atom. The van der Waals surface area contributed by atoms with Gasteiger partial charge in [-0.3, -0.25) is 0 Å². The van der Waals surface area contributed by atoms with E-state index in [9.17, 15) is 14.4 Å². The summed E-state index contributed by atoms with van der Waals surface area (Å²) in [5.41, 5.74) is 8.36. The van der Waals surface area contributed by atoms with Crippen molar-refractivity contribution in [2.45, 2.75) is 46.1 Å². The third kappa shape index (κ3) is 8.77. The lowest BCUT2D eigenvalue weighted by Gasteiger charge is -2.26. The first kappa shape index (κ1) is 32.0. The molecule has 0 fully saturated rings. The lowest BCUT2D eigenvalue weighted by molar-refractivity contribution is -0.150. The summed E-state index contributed by atoms with van der Waals surface area (Å²) in [6.45, 7) is 9.23. The van der Waals surface area contributed by atoms with Crippen LogP contribution < -0.4 is 9.64 Å². The highest BCUT2D eigenvalue weighted by molar-refractivity contribution is 5.87. The molecule has 0 spiro atoms. The zero-order chi connectivity index (χ0) is 31.5. The van der Waals surface area contributed by atoms with E-state index in [0.29, 0.717) is 18.3 Å². The number of esters is 1. The molecule has 4 aromatic carbocycles. The van der Waals surface area contributed by atoms with Crippen LogP contribution in [0.5, 0.6) is 5.75 Å². The third-order valence-corrected chi connectivity index (χ3v) is 7.45. The zero-order valence-corrected chi connectivity index (χ0v) is 25.6. The van der Waals surface area contributed by atoms with Crippen LogP contribution in [0.25, 0.3) is 0 Å². The number of benzene rings is 4. The molecule has 0 N–H and O–H groups in total. The van der Waals surface area contributed by atoms with Crippen molar-refractivity contribution in [3.8, 4) is 5.75 Å². The van der Waals surface area contributed by atoms with Gasteiger partial charge in [0.1, 0.15) is 31.0 Å². The largest absolute Gasteiger partial charge is 0.490 e. The molecule has 4 aromatic rings. The fourth-order valence-electron chi connectivity index (χ4n) is 4.76. The second-order valence-corrected chi connectivity index (χ2v) is 11.1. The van der Waals surface area contributed by atoms with E-state index in [4.69, 9.17) is 9.47 Å². The molecule has 6 nitrogen and oxygen atoms in total. The molecule has 0 radical (unpaired) electrons. The van der Waals surface area contributed by atoms with E-state index in [1.807, 2.05) is 24.3 Å². The maximum atomic E-state index is 12.0. The van der Waals surface area contributed by atoms with Crippen molar-refractivity contribution < 1.29 is 23.9 Å². The molecule has 0 aromatic heterocycles. The number of carbonyl (C=O) groups excluding carboxylic acids is 3. The highest BCUT2D eigenvalue weighted by Gasteiger charge is 2.26. The smallest absolute Gasteiger partial charge is 0.333 e. The van der Waals surface area contributed by atoms with Crippen LogP contribution in [-0.4, -0.2) is 31.3 Å². The van der Waals surface area contributed by atoms with Crippen LogP contribution >= 0.6 is 0 Å². The van der Waals surface area contributed by atoms with Crippen LogP contribution in [0.1, 0.15) is 35.6 Å². The standard InChI is InChI=1S/C38H39NO5/c1-27(2)38(42)44-37(32(25-41)23-24-40)26-43-36-21-13-31(14-22-36)10-9-30-11-19-35(20-12-30)39(33-15-5-28(3)6-16-33)34-17-7-29(4)8-18-34/h5-8,11-22,24-25,32,37H,1,9-10,23,26H2,2-4H3. The summed E-state index contributed by atoms with van der Waals surface area (Å²) in [5.74, 6) is -0.836. The van der Waals surface area contributed by atoms with Gasteiger partial charge in [-0.2, -0.15) is 0 Å². The Morgan fingerprint density at radius 1 is 0.750 bits per heavy atom. The van der Waals surface area contributed by atoms with E-state index in [-0.39, 0.29) is 18.6 Å². The third-order valence-electron chi connectivity index (χ3n) is 7.45. The quantitative estimate of drug-likeness (QED) is 0.0800. The monoisotopic (exact) mass is 589 g/mol. The van der Waals surface area contributed by atoms with Gasteiger partial charge in [0.2, 0.25) is 0 Å². The first-order valence-corrected chi connectivity index (χ1v) is 14.8. The van der Waals surface area contributed by atoms with Gasteiger partial charge in [-0.15, -0.1) is 0 Å². The molecule has 0 heterocycles. The van der Waals surface area contributed by atoms with E-state index in [0.717, 1.165) is 35.5 Å². The number of carbonyl (C=O) groups is 3. The molecule has 226 valence electrons. The van der Waals surface area contributed by atoms with E-state index in [1.165, 1.54) is 23.6 Å². The summed E-state index contributed by atoms with van der Waals surface area (Å²) >= 11 is 0. The predicted octanol–water partition coefficient (Wildman–Crippen LogP) is 7.83. The number of aldehydes is 2. The van der Waals surface area contributed by atoms with Crippen molar-refractivity contribution in [2.24, 2.45) is 5.92 Å². The minimum Gasteiger partial charge on any atom is -0.490 e. The second kappa shape index (κ2) is 15.5. The molecule has 0 bridgehead atoms. The highest BCUT2D eigenvalue weighted by Crippen LogP contribution is 2.35. The summed E-state index contributed by atoms with van der Waals surface area (Å²) < 4.78 is 11.2. The number of aryl methyl sites for hydroxylation is 4. The maximum Gasteiger partial charge on any atom is 0.333 e. The van der Waals surface area contributed by atoms with Gasteiger partial charge in [-0.1, -0.05) is 66.2 Å². The molecule has 4 rings (SSSR count). The van der Waals surface area contributed by atoms with Crippen LogP contribution in [-0.2, 0) is 32.0 Å². The van der Waals surface area contributed by atoms with Crippen molar-refractivity contribution in [1.29, 1.82) is 0 Å². The molecule has 44 heavy (non-hydrogen) atoms. The van der Waals surface area contributed by atoms with E-state index >= 15 is 0 Å². The van der Waals surface area contributed by atoms with Crippen LogP contribution in [0.3, 0.4) is 0 Å². The van der Waals surface area contributed by atoms with Gasteiger partial charge < -0.3 is 24.0 Å². The van der Waals surface area contributed by atoms with Crippen molar-refractivity contribution in [1.82, 2.24) is 0 Å². The molecule has 0 amide bonds. The number of ether oxygens (including phenoxy) is 2. The first-order valence-electron chi connectivity index (χ1n) is 14.8. The summed E-state index contributed by atoms with van der Waals surface area (Å²) in [4.78, 5) is 36.8. The van der Waals surface area contributed by atoms with Crippen LogP contribution in [0.15, 0.2) is 109 Å². The summed E-state index contributed by atoms with van der Waals surface area (Å²) in [5, 5.41) is 0. The zero-order valence-electron chi connectivity index (χ0n) is 25.6. The number of hydrogen-bond acceptors (Lipinski definition) is 6. The highest BCUT2D eigenvalue weighted by atomic mass is 16.6. The lowest BCUT2D eigenvalue weighted by Crippen LogP contribution is -2.34. The maximum absolute atomic E-state index is 12.0. The van der Waals surface area contributed by atoms with E-state index in [1.54, 1.807) is 0 Å². The van der Waals surface area contributed by atoms with E-state index < -0.39 is 18.0 Å². The second-order valence-electron chi connectivity index (χ2n) is 11.1. The predicted molar refractivity (Wildman–Crippen MR) is 175 cm³/mol. The molecule has 0 aliphatic heterocycles. The molecular weight excluding hydrogens is 550 g/mol. The normalized spacial score (nSPS) is 12.1. The van der Waals surface area contributed by atoms with Gasteiger partial charge in [-0.25, -0.2) is 4.79 Å². The van der Waals surface area contributed by atoms with E-state index in [2.05, 4.69) is 98.1 Å². The fourth-order valence-corrected chi connectivity index (χ4v) is 4.76. The average molecular weight is 590 g/mol. The van der Waals surface area contributed by atoms with Gasteiger partial charge in [-0.05, 0) is 93.3 Å². The van der Waals surface area contributed by atoms with Gasteiger partial charge >= 0.3 is 5.97 Å². The van der Waals surface area contributed by atoms with Gasteiger partial charge in [0.25, 0.3) is 0 Å². The Kier molecular flexibility index (Phi) is 11.2. The fraction of sp³-hybridized carbons (Fsp3) is 0.237. The van der Waals surface area contributed by atoms with Crippen molar-refractivity contribution in [3.63, 3.8) is 0 Å². The number of anilines is 3. The number of hydrogen-bond donors (Lipinski definition) is 0. The number of nitrogens with zero attached hydrogens (tertiary/aromatic N) is 1. The number of rotatable bonds is 15. The van der Waals surface area contributed by atoms with Crippen LogP contribution in [0.4, 0.5) is 17.1 Å². The van der Waals surface area contributed by atoms with Crippen molar-refractivity contribution in [2.75, 3.05) is 11.5 Å². The van der Waals surface area contributed by atoms with Gasteiger partial charge in [0.15, 0.2) is 0 Å². The van der Waals surface area contributed by atoms with Gasteiger partial charge in [0, 0.05) is 29.1 Å². The van der Waals surface area contributed by atoms with Crippen molar-refractivity contribution in [3.05, 3.63) is 131 Å². The summed E-state index contributed by atoms with van der Waals surface area (Å²) in [6, 6.07) is 33.5. The molecular formula is C38H39NO5. The molecule has 6 heteroatoms. The topological polar surface area (TPSA) is 72.9 Å². The molecule has 0 aliphatic carbocycles. The Bertz CT molecular complexity index is 1500. The minimum atomic E-state index is -0.891. The van der Waals surface area contributed by atoms with Crippen LogP contribution in [0.2, 0.25) is 0 Å². The molecule has 2 unspecified atom stereocenters. The Balaban J connectivity index is 1.38. The molecule has 2 atom stereocenters. The Labute approximate surface area is 259 Å². The molecule has 0 saturated heterocycles. The van der Waals surface area contributed by atoms with Crippen LogP contribution in [0, 0.1) is 19.8 Å². The SMILES string of the molecule is C=C(C)C(=O)OC(COc1ccc(CCc2ccc(N(c3ccc(C)cc3)c3ccc(C)cc3)cc2)cc1)C(C=O)CC=O. The lowest BCUT2D eigenvalue weighted by atomic mass is 10.0. The Morgan fingerprint density at radius 2 is 1.20 bits per heavy atom. The molecule has 0 saturated carbocycles. The minimum absolute atomic E-state index is 0.0514. The van der Waals surface area contributed by atoms with Crippen molar-refractivity contribution >= 4 is 35.6 Å².